The van der Waals surface area contributed by atoms with E-state index in [0.29, 0.717) is 11.3 Å². The molecule has 1 heterocycles. The summed E-state index contributed by atoms with van der Waals surface area (Å²) >= 11 is 0. The van der Waals surface area contributed by atoms with Crippen molar-refractivity contribution in [3.63, 3.8) is 0 Å². The minimum absolute atomic E-state index is 0.388. The van der Waals surface area contributed by atoms with Gasteiger partial charge < -0.3 is 9.32 Å². The summed E-state index contributed by atoms with van der Waals surface area (Å²) < 4.78 is 5.54. The van der Waals surface area contributed by atoms with E-state index >= 15 is 0 Å². The molecule has 0 aliphatic heterocycles. The predicted molar refractivity (Wildman–Crippen MR) is 70.1 cm³/mol. The summed E-state index contributed by atoms with van der Waals surface area (Å²) in [6.07, 6.45) is 3.05. The average Bonchev–Trinajstić information content (AvgIpc) is 2.61. The van der Waals surface area contributed by atoms with Crippen LogP contribution in [0.3, 0.4) is 0 Å². The Labute approximate surface area is 99.6 Å². The highest BCUT2D eigenvalue weighted by Gasteiger charge is 2.13. The standard InChI is InChI=1S/C14H25NO/c1-11(2)13-9-12(10-16-13)15(6)8-7-14(3,4)5/h9-11H,7-8H2,1-6H3. The second-order valence-electron chi connectivity index (χ2n) is 6.09. The molecular weight excluding hydrogens is 198 g/mol. The third-order valence-electron chi connectivity index (χ3n) is 2.81. The van der Waals surface area contributed by atoms with Crippen LogP contribution in [0.5, 0.6) is 0 Å². The molecule has 0 spiro atoms. The molecule has 0 bridgehead atoms. The average molecular weight is 223 g/mol. The normalized spacial score (nSPS) is 12.2. The van der Waals surface area contributed by atoms with Gasteiger partial charge in [-0.2, -0.15) is 0 Å². The third kappa shape index (κ3) is 3.92. The summed E-state index contributed by atoms with van der Waals surface area (Å²) in [5.74, 6) is 1.53. The molecule has 0 unspecified atom stereocenters. The quantitative estimate of drug-likeness (QED) is 0.757. The van der Waals surface area contributed by atoms with Gasteiger partial charge in [0, 0.05) is 25.6 Å². The molecule has 92 valence electrons. The van der Waals surface area contributed by atoms with Crippen LogP contribution in [0, 0.1) is 5.41 Å². The molecule has 0 saturated carbocycles. The lowest BCUT2D eigenvalue weighted by molar-refractivity contribution is 0.381. The first-order chi connectivity index (χ1) is 7.29. The number of anilines is 1. The lowest BCUT2D eigenvalue weighted by Gasteiger charge is -2.23. The van der Waals surface area contributed by atoms with Crippen molar-refractivity contribution < 1.29 is 4.42 Å². The van der Waals surface area contributed by atoms with E-state index in [1.165, 1.54) is 12.1 Å². The van der Waals surface area contributed by atoms with Gasteiger partial charge in [-0.1, -0.05) is 34.6 Å². The lowest BCUT2D eigenvalue weighted by atomic mass is 9.92. The Morgan fingerprint density at radius 2 is 1.94 bits per heavy atom. The first kappa shape index (κ1) is 13.1. The molecule has 0 aliphatic carbocycles. The van der Waals surface area contributed by atoms with E-state index in [1.807, 2.05) is 6.26 Å². The third-order valence-corrected chi connectivity index (χ3v) is 2.81. The minimum Gasteiger partial charge on any atom is -0.467 e. The van der Waals surface area contributed by atoms with Crippen molar-refractivity contribution in [2.45, 2.75) is 47.0 Å². The van der Waals surface area contributed by atoms with E-state index in [0.717, 1.165) is 12.3 Å². The second-order valence-corrected chi connectivity index (χ2v) is 6.09. The van der Waals surface area contributed by atoms with E-state index in [1.54, 1.807) is 0 Å². The van der Waals surface area contributed by atoms with E-state index in [4.69, 9.17) is 4.42 Å². The molecule has 0 fully saturated rings. The van der Waals surface area contributed by atoms with Crippen molar-refractivity contribution in [1.82, 2.24) is 0 Å². The van der Waals surface area contributed by atoms with Crippen LogP contribution in [0.1, 0.15) is 52.7 Å². The van der Waals surface area contributed by atoms with Gasteiger partial charge in [0.05, 0.1) is 5.69 Å². The van der Waals surface area contributed by atoms with Crippen LogP contribution in [-0.2, 0) is 0 Å². The fourth-order valence-electron chi connectivity index (χ4n) is 1.48. The van der Waals surface area contributed by atoms with Crippen LogP contribution in [0.15, 0.2) is 16.7 Å². The number of hydrogen-bond acceptors (Lipinski definition) is 2. The Kier molecular flexibility index (Phi) is 4.06. The van der Waals surface area contributed by atoms with Crippen LogP contribution in [0.25, 0.3) is 0 Å². The molecule has 2 heteroatoms. The highest BCUT2D eigenvalue weighted by atomic mass is 16.3. The maximum atomic E-state index is 5.54. The molecule has 1 aromatic heterocycles. The Morgan fingerprint density at radius 3 is 2.38 bits per heavy atom. The first-order valence-corrected chi connectivity index (χ1v) is 6.09. The Morgan fingerprint density at radius 1 is 1.31 bits per heavy atom. The predicted octanol–water partition coefficient (Wildman–Crippen LogP) is 4.28. The van der Waals surface area contributed by atoms with Crippen LogP contribution < -0.4 is 4.90 Å². The lowest BCUT2D eigenvalue weighted by Crippen LogP contribution is -2.22. The minimum atomic E-state index is 0.388. The topological polar surface area (TPSA) is 16.4 Å². The number of furan rings is 1. The molecule has 16 heavy (non-hydrogen) atoms. The maximum Gasteiger partial charge on any atom is 0.114 e. The van der Waals surface area contributed by atoms with Crippen LogP contribution >= 0.6 is 0 Å². The van der Waals surface area contributed by atoms with Gasteiger partial charge in [0.15, 0.2) is 0 Å². The Hall–Kier alpha value is -0.920. The largest absolute Gasteiger partial charge is 0.467 e. The summed E-state index contributed by atoms with van der Waals surface area (Å²) in [5, 5.41) is 0. The number of rotatable bonds is 4. The molecule has 0 radical (unpaired) electrons. The molecule has 2 nitrogen and oxygen atoms in total. The maximum absolute atomic E-state index is 5.54. The molecule has 0 aliphatic rings. The summed E-state index contributed by atoms with van der Waals surface area (Å²) in [6, 6.07) is 2.15. The van der Waals surface area contributed by atoms with Gasteiger partial charge in [-0.05, 0) is 11.8 Å². The van der Waals surface area contributed by atoms with E-state index in [2.05, 4.69) is 52.6 Å². The smallest absolute Gasteiger partial charge is 0.114 e. The van der Waals surface area contributed by atoms with Crippen molar-refractivity contribution in [3.8, 4) is 0 Å². The van der Waals surface area contributed by atoms with Crippen molar-refractivity contribution >= 4 is 5.69 Å². The molecule has 0 amide bonds. The Balaban J connectivity index is 2.56. The monoisotopic (exact) mass is 223 g/mol. The molecule has 0 aromatic carbocycles. The van der Waals surface area contributed by atoms with Gasteiger partial charge in [-0.25, -0.2) is 0 Å². The van der Waals surface area contributed by atoms with Crippen molar-refractivity contribution in [1.29, 1.82) is 0 Å². The summed E-state index contributed by atoms with van der Waals surface area (Å²) in [4.78, 5) is 2.26. The summed E-state index contributed by atoms with van der Waals surface area (Å²) in [6.45, 7) is 12.2. The van der Waals surface area contributed by atoms with Crippen LogP contribution in [0.4, 0.5) is 5.69 Å². The zero-order valence-electron chi connectivity index (χ0n) is 11.5. The SMILES string of the molecule is CC(C)c1cc(N(C)CCC(C)(C)C)co1. The second kappa shape index (κ2) is 4.94. The molecule has 0 saturated heterocycles. The van der Waals surface area contributed by atoms with E-state index in [9.17, 15) is 0 Å². The van der Waals surface area contributed by atoms with Gasteiger partial charge in [0.25, 0.3) is 0 Å². The summed E-state index contributed by atoms with van der Waals surface area (Å²) in [5.41, 5.74) is 1.58. The van der Waals surface area contributed by atoms with Gasteiger partial charge in [0.1, 0.15) is 12.0 Å². The zero-order chi connectivity index (χ0) is 12.3. The molecule has 0 atom stereocenters. The van der Waals surface area contributed by atoms with E-state index in [-0.39, 0.29) is 0 Å². The number of nitrogens with zero attached hydrogens (tertiary/aromatic N) is 1. The zero-order valence-corrected chi connectivity index (χ0v) is 11.5. The molecule has 0 N–H and O–H groups in total. The van der Waals surface area contributed by atoms with Gasteiger partial charge in [-0.15, -0.1) is 0 Å². The highest BCUT2D eigenvalue weighted by molar-refractivity contribution is 5.44. The van der Waals surface area contributed by atoms with Crippen molar-refractivity contribution in [3.05, 3.63) is 18.1 Å². The van der Waals surface area contributed by atoms with Crippen molar-refractivity contribution in [2.24, 2.45) is 5.41 Å². The fourth-order valence-corrected chi connectivity index (χ4v) is 1.48. The molecule has 1 aromatic rings. The molecular formula is C14H25NO. The molecule has 1 rings (SSSR count). The van der Waals surface area contributed by atoms with Crippen molar-refractivity contribution in [2.75, 3.05) is 18.5 Å². The fraction of sp³-hybridized carbons (Fsp3) is 0.714. The summed E-state index contributed by atoms with van der Waals surface area (Å²) in [7, 11) is 2.13. The first-order valence-electron chi connectivity index (χ1n) is 6.09. The van der Waals surface area contributed by atoms with Gasteiger partial charge >= 0.3 is 0 Å². The highest BCUT2D eigenvalue weighted by Crippen LogP contribution is 2.25. The van der Waals surface area contributed by atoms with E-state index < -0.39 is 0 Å². The van der Waals surface area contributed by atoms with Gasteiger partial charge in [0.2, 0.25) is 0 Å². The number of hydrogen-bond donors (Lipinski definition) is 0. The van der Waals surface area contributed by atoms with Crippen LogP contribution in [0.2, 0.25) is 0 Å². The van der Waals surface area contributed by atoms with Gasteiger partial charge in [-0.3, -0.25) is 0 Å². The van der Waals surface area contributed by atoms with Crippen LogP contribution in [-0.4, -0.2) is 13.6 Å². The Bertz CT molecular complexity index is 320.